The molecule has 0 N–H and O–H groups in total. The molecule has 1 aliphatic rings. The molecule has 0 radical (unpaired) electrons. The van der Waals surface area contributed by atoms with Crippen molar-refractivity contribution >= 4 is 0 Å². The van der Waals surface area contributed by atoms with Crippen molar-refractivity contribution in [3.05, 3.63) is 60.8 Å². The second-order valence-electron chi connectivity index (χ2n) is 2.42. The second-order valence-corrected chi connectivity index (χ2v) is 2.42. The van der Waals surface area contributed by atoms with Gasteiger partial charge in [-0.1, -0.05) is 49.6 Å². The molecule has 1 aliphatic carbocycles. The Morgan fingerprint density at radius 2 is 2.00 bits per heavy atom. The number of rotatable bonds is 1. The van der Waals surface area contributed by atoms with Crippen LogP contribution < -0.4 is 0 Å². The Morgan fingerprint density at radius 3 is 2.73 bits per heavy atom. The first-order valence-electron chi connectivity index (χ1n) is 3.69. The molecule has 0 saturated carbocycles. The van der Waals surface area contributed by atoms with Gasteiger partial charge in [-0.2, -0.15) is 0 Å². The summed E-state index contributed by atoms with van der Waals surface area (Å²) in [5.41, 5.74) is 2.20. The Labute approximate surface area is 67.9 Å². The van der Waals surface area contributed by atoms with Crippen LogP contribution in [-0.4, -0.2) is 0 Å². The van der Waals surface area contributed by atoms with Crippen LogP contribution in [0.25, 0.3) is 0 Å². The highest BCUT2D eigenvalue weighted by Gasteiger charge is 1.95. The molecule has 0 saturated heterocycles. The molecule has 0 aromatic carbocycles. The molecule has 0 aromatic rings. The minimum atomic E-state index is 0.994. The molecule has 1 rings (SSSR count). The predicted octanol–water partition coefficient (Wildman–Crippen LogP) is 3.17. The minimum absolute atomic E-state index is 0.994. The summed E-state index contributed by atoms with van der Waals surface area (Å²) in [5, 5.41) is 0. The van der Waals surface area contributed by atoms with Gasteiger partial charge in [-0.25, -0.2) is 0 Å². The van der Waals surface area contributed by atoms with E-state index < -0.39 is 0 Å². The maximum Gasteiger partial charge on any atom is -0.0162 e. The zero-order valence-corrected chi connectivity index (χ0v) is 6.59. The molecule has 56 valence electrons. The molecule has 0 atom stereocenters. The van der Waals surface area contributed by atoms with Gasteiger partial charge in [-0.05, 0) is 17.6 Å². The highest BCUT2D eigenvalue weighted by molar-refractivity contribution is 5.47. The van der Waals surface area contributed by atoms with E-state index in [1.807, 2.05) is 12.2 Å². The lowest BCUT2D eigenvalue weighted by molar-refractivity contribution is 1.41. The molecular weight excluding hydrogens is 132 g/mol. The third-order valence-electron chi connectivity index (χ3n) is 1.56. The highest BCUT2D eigenvalue weighted by atomic mass is 14.0. The first-order chi connectivity index (χ1) is 5.34. The average Bonchev–Trinajstić information content (AvgIpc) is 2.18. The van der Waals surface area contributed by atoms with Crippen molar-refractivity contribution in [2.75, 3.05) is 0 Å². The molecule has 0 aromatic heterocycles. The second kappa shape index (κ2) is 3.77. The Balaban J connectivity index is 2.93. The monoisotopic (exact) mass is 144 g/mol. The average molecular weight is 144 g/mol. The fourth-order valence-electron chi connectivity index (χ4n) is 0.977. The fraction of sp³-hybridized carbons (Fsp3) is 0.0909. The lowest BCUT2D eigenvalue weighted by Crippen LogP contribution is -1.77. The van der Waals surface area contributed by atoms with Crippen molar-refractivity contribution < 1.29 is 0 Å². The van der Waals surface area contributed by atoms with E-state index in [-0.39, 0.29) is 0 Å². The smallest absolute Gasteiger partial charge is 0.0162 e. The molecule has 0 nitrogen and oxygen atoms in total. The van der Waals surface area contributed by atoms with Crippen LogP contribution in [0, 0.1) is 0 Å². The van der Waals surface area contributed by atoms with Crippen molar-refractivity contribution in [1.29, 1.82) is 0 Å². The molecule has 0 aliphatic heterocycles. The van der Waals surface area contributed by atoms with Crippen LogP contribution in [0.15, 0.2) is 60.8 Å². The maximum absolute atomic E-state index is 3.92. The number of allylic oxidation sites excluding steroid dienone is 8. The van der Waals surface area contributed by atoms with Crippen LogP contribution in [0.2, 0.25) is 0 Å². The Morgan fingerprint density at radius 1 is 1.27 bits per heavy atom. The van der Waals surface area contributed by atoms with Crippen molar-refractivity contribution in [1.82, 2.24) is 0 Å². The van der Waals surface area contributed by atoms with Gasteiger partial charge >= 0.3 is 0 Å². The summed E-state index contributed by atoms with van der Waals surface area (Å²) in [7, 11) is 0. The van der Waals surface area contributed by atoms with Gasteiger partial charge in [0.15, 0.2) is 0 Å². The lowest BCUT2D eigenvalue weighted by Gasteiger charge is -1.96. The summed E-state index contributed by atoms with van der Waals surface area (Å²) in [4.78, 5) is 0. The summed E-state index contributed by atoms with van der Waals surface area (Å²) >= 11 is 0. The Kier molecular flexibility index (Phi) is 2.67. The van der Waals surface area contributed by atoms with E-state index in [0.29, 0.717) is 0 Å². The van der Waals surface area contributed by atoms with Gasteiger partial charge in [-0.3, -0.25) is 0 Å². The quantitative estimate of drug-likeness (QED) is 0.530. The van der Waals surface area contributed by atoms with Gasteiger partial charge in [0.25, 0.3) is 0 Å². The summed E-state index contributed by atoms with van der Waals surface area (Å²) in [6, 6.07) is 0. The summed E-state index contributed by atoms with van der Waals surface area (Å²) in [5.74, 6) is 0. The Hall–Kier alpha value is -1.30. The van der Waals surface area contributed by atoms with Crippen LogP contribution in [0.4, 0.5) is 0 Å². The third kappa shape index (κ3) is 2.08. The SMILES string of the molecule is C=C/C=C1/C=CCC=CC1=C. The van der Waals surface area contributed by atoms with Gasteiger partial charge in [0, 0.05) is 0 Å². The summed E-state index contributed by atoms with van der Waals surface area (Å²) in [6.07, 6.45) is 13.1. The van der Waals surface area contributed by atoms with E-state index in [9.17, 15) is 0 Å². The molecule has 0 fully saturated rings. The van der Waals surface area contributed by atoms with Crippen molar-refractivity contribution in [3.8, 4) is 0 Å². The third-order valence-corrected chi connectivity index (χ3v) is 1.56. The standard InChI is InChI=1S/C11H12/c1-3-7-11-9-6-4-5-8-10(11)2/h3,5-9H,1-2,4H2/b11-7-. The van der Waals surface area contributed by atoms with Gasteiger partial charge in [0.1, 0.15) is 0 Å². The summed E-state index contributed by atoms with van der Waals surface area (Å²) < 4.78 is 0. The molecule has 0 bridgehead atoms. The normalized spacial score (nSPS) is 20.4. The van der Waals surface area contributed by atoms with Crippen LogP contribution in [-0.2, 0) is 0 Å². The summed E-state index contributed by atoms with van der Waals surface area (Å²) in [6.45, 7) is 7.56. The van der Waals surface area contributed by atoms with Crippen molar-refractivity contribution in [2.24, 2.45) is 0 Å². The minimum Gasteiger partial charge on any atom is -0.0990 e. The molecule has 0 heteroatoms. The van der Waals surface area contributed by atoms with E-state index in [0.717, 1.165) is 17.6 Å². The zero-order valence-electron chi connectivity index (χ0n) is 6.59. The predicted molar refractivity (Wildman–Crippen MR) is 50.3 cm³/mol. The first kappa shape index (κ1) is 7.80. The highest BCUT2D eigenvalue weighted by Crippen LogP contribution is 2.14. The van der Waals surface area contributed by atoms with E-state index in [4.69, 9.17) is 0 Å². The Bertz CT molecular complexity index is 249. The molecular formula is C11H12. The van der Waals surface area contributed by atoms with Gasteiger partial charge in [0.2, 0.25) is 0 Å². The number of hydrogen-bond acceptors (Lipinski definition) is 0. The van der Waals surface area contributed by atoms with Crippen LogP contribution in [0.3, 0.4) is 0 Å². The van der Waals surface area contributed by atoms with Crippen LogP contribution in [0.1, 0.15) is 6.42 Å². The largest absolute Gasteiger partial charge is 0.0990 e. The first-order valence-corrected chi connectivity index (χ1v) is 3.69. The van der Waals surface area contributed by atoms with Crippen LogP contribution in [0.5, 0.6) is 0 Å². The van der Waals surface area contributed by atoms with E-state index in [1.54, 1.807) is 6.08 Å². The molecule has 11 heavy (non-hydrogen) atoms. The lowest BCUT2D eigenvalue weighted by atomic mass is 10.1. The zero-order chi connectivity index (χ0) is 8.10. The van der Waals surface area contributed by atoms with Crippen molar-refractivity contribution in [2.45, 2.75) is 6.42 Å². The van der Waals surface area contributed by atoms with E-state index in [1.165, 1.54) is 0 Å². The molecule has 0 spiro atoms. The maximum atomic E-state index is 3.92. The van der Waals surface area contributed by atoms with Gasteiger partial charge in [-0.15, -0.1) is 0 Å². The van der Waals surface area contributed by atoms with E-state index >= 15 is 0 Å². The van der Waals surface area contributed by atoms with E-state index in [2.05, 4.69) is 31.4 Å². The van der Waals surface area contributed by atoms with Gasteiger partial charge in [0.05, 0.1) is 0 Å². The molecule has 0 amide bonds. The van der Waals surface area contributed by atoms with Gasteiger partial charge < -0.3 is 0 Å². The molecule has 0 heterocycles. The molecule has 0 unspecified atom stereocenters. The topological polar surface area (TPSA) is 0 Å². The van der Waals surface area contributed by atoms with Crippen molar-refractivity contribution in [3.63, 3.8) is 0 Å². The fourth-order valence-corrected chi connectivity index (χ4v) is 0.977. The number of hydrogen-bond donors (Lipinski definition) is 0. The van der Waals surface area contributed by atoms with Crippen LogP contribution >= 0.6 is 0 Å².